The summed E-state index contributed by atoms with van der Waals surface area (Å²) in [4.78, 5) is 29.4. The first-order valence-corrected chi connectivity index (χ1v) is 13.1. The second kappa shape index (κ2) is 12.3. The molecule has 0 aromatic carbocycles. The van der Waals surface area contributed by atoms with E-state index in [-0.39, 0.29) is 18.1 Å². The monoisotopic (exact) mass is 512 g/mol. The minimum atomic E-state index is -0.472. The van der Waals surface area contributed by atoms with Gasteiger partial charge in [0, 0.05) is 57.5 Å². The highest BCUT2D eigenvalue weighted by molar-refractivity contribution is 6.23. The average Bonchev–Trinajstić information content (AvgIpc) is 2.79. The Morgan fingerprint density at radius 1 is 1.26 bits per heavy atom. The maximum Gasteiger partial charge on any atom is 0.410 e. The number of rotatable bonds is 7. The molecule has 0 spiro atoms. The second-order valence-electron chi connectivity index (χ2n) is 10.5. The summed E-state index contributed by atoms with van der Waals surface area (Å²) < 4.78 is 17.0. The molecule has 0 aromatic rings. The van der Waals surface area contributed by atoms with E-state index in [0.717, 1.165) is 45.6 Å². The van der Waals surface area contributed by atoms with Crippen LogP contribution in [0.2, 0.25) is 0 Å². The van der Waals surface area contributed by atoms with Crippen molar-refractivity contribution in [1.82, 2.24) is 15.1 Å². The number of nitrogens with zero attached hydrogens (tertiary/aromatic N) is 2. The zero-order chi connectivity index (χ0) is 25.6. The van der Waals surface area contributed by atoms with Crippen LogP contribution in [0.25, 0.3) is 0 Å². The molecule has 2 unspecified atom stereocenters. The van der Waals surface area contributed by atoms with E-state index in [0.29, 0.717) is 49.1 Å². The summed E-state index contributed by atoms with van der Waals surface area (Å²) in [5.74, 6) is 0.822. The molecule has 0 saturated carbocycles. The molecule has 2 saturated heterocycles. The van der Waals surface area contributed by atoms with E-state index in [1.165, 1.54) is 0 Å². The molecule has 3 N–H and O–H groups in total. The van der Waals surface area contributed by atoms with E-state index in [1.54, 1.807) is 6.08 Å². The van der Waals surface area contributed by atoms with Crippen LogP contribution < -0.4 is 11.1 Å². The summed E-state index contributed by atoms with van der Waals surface area (Å²) in [5, 5.41) is 2.58. The van der Waals surface area contributed by atoms with Crippen molar-refractivity contribution in [2.75, 3.05) is 52.5 Å². The molecule has 198 valence electrons. The summed E-state index contributed by atoms with van der Waals surface area (Å²) in [6.07, 6.45) is 3.60. The number of amides is 2. The predicted octanol–water partition coefficient (Wildman–Crippen LogP) is 2.59. The molecule has 2 heterocycles. The first-order valence-electron chi connectivity index (χ1n) is 12.6. The Kier molecular flexibility index (Phi) is 9.72. The molecule has 2 atom stereocenters. The maximum atomic E-state index is 12.9. The Morgan fingerprint density at radius 2 is 1.97 bits per heavy atom. The first kappa shape index (κ1) is 27.6. The Morgan fingerprint density at radius 3 is 2.63 bits per heavy atom. The van der Waals surface area contributed by atoms with Gasteiger partial charge in [0.1, 0.15) is 11.4 Å². The van der Waals surface area contributed by atoms with Crippen LogP contribution in [0.5, 0.6) is 0 Å². The summed E-state index contributed by atoms with van der Waals surface area (Å²) in [7, 11) is 0. The van der Waals surface area contributed by atoms with Crippen molar-refractivity contribution in [2.24, 2.45) is 11.7 Å². The highest BCUT2D eigenvalue weighted by Gasteiger charge is 2.30. The summed E-state index contributed by atoms with van der Waals surface area (Å²) in [5.41, 5.74) is 6.48. The molecule has 0 bridgehead atoms. The molecule has 35 heavy (non-hydrogen) atoms. The fraction of sp³-hybridized carbons (Fsp3) is 0.760. The highest BCUT2D eigenvalue weighted by Crippen LogP contribution is 2.27. The number of ether oxygens (including phenoxy) is 3. The van der Waals surface area contributed by atoms with E-state index in [1.807, 2.05) is 32.6 Å². The van der Waals surface area contributed by atoms with Crippen molar-refractivity contribution >= 4 is 23.6 Å². The predicted molar refractivity (Wildman–Crippen MR) is 135 cm³/mol. The molecular weight excluding hydrogens is 472 g/mol. The third-order valence-corrected chi connectivity index (χ3v) is 6.82. The largest absolute Gasteiger partial charge is 0.493 e. The minimum Gasteiger partial charge on any atom is -0.493 e. The van der Waals surface area contributed by atoms with Crippen LogP contribution in [0.4, 0.5) is 4.79 Å². The Balaban J connectivity index is 1.44. The number of nitrogens with one attached hydrogen (secondary N) is 1. The molecule has 3 rings (SSSR count). The molecular formula is C25H41ClN4O5. The standard InChI is InChI=1S/C25H41ClN4O5/c1-5-33-22-13-21(27)20(26)12-19(22)23(31)28-14-18-16-29(10-11-34-18)15-17-6-8-30(9-7-17)24(32)35-25(2,3)4/h13,17-18,20H,5-12,14-16,27H2,1-4H3,(H,28,31). The number of nitrogens with two attached hydrogens (primary N) is 1. The zero-order valence-corrected chi connectivity index (χ0v) is 22.2. The normalized spacial score (nSPS) is 24.7. The molecule has 10 heteroatoms. The number of carbonyl (C=O) groups is 2. The fourth-order valence-electron chi connectivity index (χ4n) is 4.59. The number of likely N-dealkylation sites (tertiary alicyclic amines) is 1. The van der Waals surface area contributed by atoms with Gasteiger partial charge in [-0.2, -0.15) is 0 Å². The number of allylic oxidation sites excluding steroid dienone is 2. The zero-order valence-electron chi connectivity index (χ0n) is 21.5. The average molecular weight is 513 g/mol. The number of alkyl halides is 1. The van der Waals surface area contributed by atoms with Gasteiger partial charge in [-0.25, -0.2) is 4.79 Å². The van der Waals surface area contributed by atoms with Crippen molar-refractivity contribution in [2.45, 2.75) is 64.0 Å². The highest BCUT2D eigenvalue weighted by atomic mass is 35.5. The number of morpholine rings is 1. The topological polar surface area (TPSA) is 106 Å². The molecule has 0 aromatic heterocycles. The van der Waals surface area contributed by atoms with E-state index >= 15 is 0 Å². The van der Waals surface area contributed by atoms with Crippen LogP contribution in [-0.2, 0) is 19.0 Å². The number of halogens is 1. The van der Waals surface area contributed by atoms with Crippen molar-refractivity contribution in [3.63, 3.8) is 0 Å². The molecule has 1 aliphatic carbocycles. The van der Waals surface area contributed by atoms with Gasteiger partial charge in [0.2, 0.25) is 0 Å². The Labute approximate surface area is 213 Å². The summed E-state index contributed by atoms with van der Waals surface area (Å²) in [6, 6.07) is 0. The lowest BCUT2D eigenvalue weighted by atomic mass is 9.96. The number of hydrogen-bond acceptors (Lipinski definition) is 7. The number of carbonyl (C=O) groups excluding carboxylic acids is 2. The van der Waals surface area contributed by atoms with Gasteiger partial charge in [0.25, 0.3) is 5.91 Å². The van der Waals surface area contributed by atoms with Crippen molar-refractivity contribution in [3.05, 3.63) is 23.1 Å². The summed E-state index contributed by atoms with van der Waals surface area (Å²) in [6.45, 7) is 13.1. The van der Waals surface area contributed by atoms with Gasteiger partial charge >= 0.3 is 6.09 Å². The van der Waals surface area contributed by atoms with E-state index in [4.69, 9.17) is 31.5 Å². The maximum absolute atomic E-state index is 12.9. The van der Waals surface area contributed by atoms with Crippen molar-refractivity contribution < 1.29 is 23.8 Å². The summed E-state index contributed by atoms with van der Waals surface area (Å²) >= 11 is 6.26. The van der Waals surface area contributed by atoms with Crippen molar-refractivity contribution in [1.29, 1.82) is 0 Å². The quantitative estimate of drug-likeness (QED) is 0.505. The van der Waals surface area contributed by atoms with E-state index in [2.05, 4.69) is 10.2 Å². The molecule has 0 radical (unpaired) electrons. The SMILES string of the molecule is CCOC1=C(C(=O)NCC2CN(CC3CCN(C(=O)OC(C)(C)C)CC3)CCO2)CC(Cl)C(N)=C1. The van der Waals surface area contributed by atoms with E-state index < -0.39 is 11.0 Å². The second-order valence-corrected chi connectivity index (χ2v) is 11.0. The first-order chi connectivity index (χ1) is 16.6. The molecule has 3 aliphatic rings. The van der Waals surface area contributed by atoms with Gasteiger partial charge in [-0.3, -0.25) is 9.69 Å². The lowest BCUT2D eigenvalue weighted by molar-refractivity contribution is -0.119. The molecule has 2 amide bonds. The Hall–Kier alpha value is -1.97. The number of hydrogen-bond donors (Lipinski definition) is 2. The van der Waals surface area contributed by atoms with Gasteiger partial charge in [-0.1, -0.05) is 0 Å². The van der Waals surface area contributed by atoms with Crippen LogP contribution in [0.1, 0.15) is 47.0 Å². The van der Waals surface area contributed by atoms with Gasteiger partial charge < -0.3 is 30.2 Å². The minimum absolute atomic E-state index is 0.0818. The van der Waals surface area contributed by atoms with Crippen molar-refractivity contribution in [3.8, 4) is 0 Å². The van der Waals surface area contributed by atoms with Crippen LogP contribution in [-0.4, -0.2) is 91.4 Å². The number of piperidine rings is 1. The van der Waals surface area contributed by atoms with E-state index in [9.17, 15) is 9.59 Å². The molecule has 2 fully saturated rings. The molecule has 2 aliphatic heterocycles. The third kappa shape index (κ3) is 8.29. The Bertz CT molecular complexity index is 817. The van der Waals surface area contributed by atoms with Gasteiger partial charge in [-0.15, -0.1) is 11.6 Å². The fourth-order valence-corrected chi connectivity index (χ4v) is 4.81. The van der Waals surface area contributed by atoms with Crippen LogP contribution in [0, 0.1) is 5.92 Å². The van der Waals surface area contributed by atoms with Gasteiger partial charge in [-0.05, 0) is 46.5 Å². The van der Waals surface area contributed by atoms with Crippen LogP contribution >= 0.6 is 11.6 Å². The molecule has 9 nitrogen and oxygen atoms in total. The third-order valence-electron chi connectivity index (χ3n) is 6.41. The van der Waals surface area contributed by atoms with Gasteiger partial charge in [0.05, 0.1) is 30.3 Å². The lowest BCUT2D eigenvalue weighted by Crippen LogP contribution is -2.50. The van der Waals surface area contributed by atoms with Gasteiger partial charge in [0.15, 0.2) is 0 Å². The van der Waals surface area contributed by atoms with Crippen LogP contribution in [0.15, 0.2) is 23.1 Å². The lowest BCUT2D eigenvalue weighted by Gasteiger charge is -2.38. The smallest absolute Gasteiger partial charge is 0.410 e. The van der Waals surface area contributed by atoms with Crippen LogP contribution in [0.3, 0.4) is 0 Å².